The Bertz CT molecular complexity index is 501. The van der Waals surface area contributed by atoms with Crippen LogP contribution in [0.2, 0.25) is 0 Å². The molecule has 1 amide bonds. The fourth-order valence-electron chi connectivity index (χ4n) is 0.826. The van der Waals surface area contributed by atoms with Crippen LogP contribution in [0.15, 0.2) is 18.2 Å². The molecule has 0 unspecified atom stereocenters. The molecule has 0 aromatic heterocycles. The molecule has 0 saturated heterocycles. The topological polar surface area (TPSA) is 89.3 Å². The molecule has 0 radical (unpaired) electrons. The van der Waals surface area contributed by atoms with Gasteiger partial charge in [0.15, 0.2) is 11.6 Å². The molecule has 0 saturated carbocycles. The van der Waals surface area contributed by atoms with Crippen LogP contribution in [0.5, 0.6) is 0 Å². The fourth-order valence-corrected chi connectivity index (χ4v) is 1.20. The van der Waals surface area contributed by atoms with Crippen LogP contribution in [0.1, 0.15) is 10.4 Å². The zero-order chi connectivity index (χ0) is 11.6. The largest absolute Gasteiger partial charge is 0.298 e. The van der Waals surface area contributed by atoms with Gasteiger partial charge in [-0.1, -0.05) is 0 Å². The van der Waals surface area contributed by atoms with Crippen molar-refractivity contribution in [1.82, 2.24) is 4.72 Å². The van der Waals surface area contributed by atoms with Crippen LogP contribution in [0.25, 0.3) is 0 Å². The predicted molar refractivity (Wildman–Crippen MR) is 46.9 cm³/mol. The van der Waals surface area contributed by atoms with Crippen LogP contribution in [-0.2, 0) is 10.2 Å². The van der Waals surface area contributed by atoms with E-state index in [0.29, 0.717) is 12.1 Å². The van der Waals surface area contributed by atoms with Gasteiger partial charge in [0.05, 0.1) is 0 Å². The molecule has 0 aliphatic carbocycles. The van der Waals surface area contributed by atoms with Gasteiger partial charge in [0, 0.05) is 5.56 Å². The molecule has 0 heterocycles. The van der Waals surface area contributed by atoms with Crippen molar-refractivity contribution in [3.05, 3.63) is 35.4 Å². The molecule has 0 aliphatic heterocycles. The van der Waals surface area contributed by atoms with Crippen molar-refractivity contribution < 1.29 is 22.0 Å². The summed E-state index contributed by atoms with van der Waals surface area (Å²) >= 11 is 0. The Morgan fingerprint density at radius 2 is 1.87 bits per heavy atom. The Labute approximate surface area is 84.1 Å². The smallest absolute Gasteiger partial charge is 0.268 e. The Hall–Kier alpha value is -1.54. The molecule has 5 nitrogen and oxygen atoms in total. The van der Waals surface area contributed by atoms with Crippen molar-refractivity contribution in [1.29, 1.82) is 0 Å². The van der Waals surface area contributed by atoms with Crippen LogP contribution in [0.3, 0.4) is 0 Å². The summed E-state index contributed by atoms with van der Waals surface area (Å²) in [6.45, 7) is 0. The quantitative estimate of drug-likeness (QED) is 0.751. The first-order valence-corrected chi connectivity index (χ1v) is 5.14. The highest BCUT2D eigenvalue weighted by Gasteiger charge is 2.13. The Morgan fingerprint density at radius 1 is 1.27 bits per heavy atom. The summed E-state index contributed by atoms with van der Waals surface area (Å²) in [7, 11) is -4.21. The summed E-state index contributed by atoms with van der Waals surface area (Å²) in [5.74, 6) is -3.52. The molecule has 0 atom stereocenters. The standard InChI is InChI=1S/C7H6F2N2O3S/c8-5-2-1-4(3-6(5)9)7(12)11-15(10,13)14/h1-3H,(H,11,12)(H2,10,13,14). The highest BCUT2D eigenvalue weighted by atomic mass is 32.2. The minimum atomic E-state index is -4.21. The van der Waals surface area contributed by atoms with E-state index in [1.54, 1.807) is 0 Å². The number of benzene rings is 1. The molecular weight excluding hydrogens is 230 g/mol. The van der Waals surface area contributed by atoms with Crippen molar-refractivity contribution in [3.63, 3.8) is 0 Å². The number of halogens is 2. The highest BCUT2D eigenvalue weighted by Crippen LogP contribution is 2.08. The molecule has 82 valence electrons. The van der Waals surface area contributed by atoms with Crippen molar-refractivity contribution in [2.75, 3.05) is 0 Å². The van der Waals surface area contributed by atoms with Crippen LogP contribution >= 0.6 is 0 Å². The first kappa shape index (κ1) is 11.5. The Balaban J connectivity index is 2.98. The number of nitrogens with one attached hydrogen (secondary N) is 1. The Morgan fingerprint density at radius 3 is 2.33 bits per heavy atom. The molecule has 8 heteroatoms. The van der Waals surface area contributed by atoms with Crippen molar-refractivity contribution in [3.8, 4) is 0 Å². The summed E-state index contributed by atoms with van der Waals surface area (Å²) < 4.78 is 47.4. The average molecular weight is 236 g/mol. The van der Waals surface area contributed by atoms with Gasteiger partial charge in [0.1, 0.15) is 0 Å². The minimum Gasteiger partial charge on any atom is -0.268 e. The lowest BCUT2D eigenvalue weighted by atomic mass is 10.2. The van der Waals surface area contributed by atoms with E-state index in [2.05, 4.69) is 5.14 Å². The molecule has 0 spiro atoms. The van der Waals surface area contributed by atoms with E-state index in [-0.39, 0.29) is 5.56 Å². The second kappa shape index (κ2) is 3.91. The van der Waals surface area contributed by atoms with Crippen LogP contribution < -0.4 is 9.86 Å². The van der Waals surface area contributed by atoms with Gasteiger partial charge in [-0.05, 0) is 18.2 Å². The third-order valence-electron chi connectivity index (χ3n) is 1.42. The van der Waals surface area contributed by atoms with E-state index < -0.39 is 27.8 Å². The number of nitrogens with two attached hydrogens (primary N) is 1. The molecular formula is C7H6F2N2O3S. The zero-order valence-corrected chi connectivity index (χ0v) is 8.01. The maximum atomic E-state index is 12.6. The second-order valence-electron chi connectivity index (χ2n) is 2.61. The molecule has 1 rings (SSSR count). The van der Waals surface area contributed by atoms with Gasteiger partial charge in [0.25, 0.3) is 16.1 Å². The van der Waals surface area contributed by atoms with E-state index in [4.69, 9.17) is 0 Å². The average Bonchev–Trinajstić information content (AvgIpc) is 2.06. The third kappa shape index (κ3) is 3.26. The van der Waals surface area contributed by atoms with Crippen LogP contribution in [0, 0.1) is 11.6 Å². The van der Waals surface area contributed by atoms with Gasteiger partial charge < -0.3 is 0 Å². The number of carbonyl (C=O) groups excluding carboxylic acids is 1. The van der Waals surface area contributed by atoms with E-state index in [1.807, 2.05) is 0 Å². The van der Waals surface area contributed by atoms with Crippen molar-refractivity contribution in [2.45, 2.75) is 0 Å². The summed E-state index contributed by atoms with van der Waals surface area (Å²) in [6.07, 6.45) is 0. The molecule has 1 aromatic rings. The van der Waals surface area contributed by atoms with Gasteiger partial charge in [-0.2, -0.15) is 8.42 Å². The third-order valence-corrected chi connectivity index (χ3v) is 1.89. The maximum Gasteiger partial charge on any atom is 0.298 e. The molecule has 15 heavy (non-hydrogen) atoms. The first-order chi connectivity index (χ1) is 6.79. The van der Waals surface area contributed by atoms with E-state index >= 15 is 0 Å². The number of hydrogen-bond acceptors (Lipinski definition) is 3. The van der Waals surface area contributed by atoms with Gasteiger partial charge in [-0.3, -0.25) is 4.79 Å². The molecule has 1 aromatic carbocycles. The molecule has 0 bridgehead atoms. The lowest BCUT2D eigenvalue weighted by Gasteiger charge is -2.02. The maximum absolute atomic E-state index is 12.6. The van der Waals surface area contributed by atoms with Gasteiger partial charge in [-0.15, -0.1) is 0 Å². The van der Waals surface area contributed by atoms with E-state index in [0.717, 1.165) is 6.07 Å². The zero-order valence-electron chi connectivity index (χ0n) is 7.20. The number of rotatable bonds is 2. The molecule has 0 aliphatic rings. The lowest BCUT2D eigenvalue weighted by molar-refractivity contribution is 0.0981. The summed E-state index contributed by atoms with van der Waals surface area (Å²) in [5, 5.41) is 4.51. The van der Waals surface area contributed by atoms with Gasteiger partial charge in [0.2, 0.25) is 0 Å². The summed E-state index contributed by atoms with van der Waals surface area (Å²) in [6, 6.07) is 2.20. The van der Waals surface area contributed by atoms with E-state index in [1.165, 1.54) is 4.72 Å². The number of amides is 1. The number of hydrogen-bond donors (Lipinski definition) is 2. The molecule has 3 N–H and O–H groups in total. The summed E-state index contributed by atoms with van der Waals surface area (Å²) in [5.41, 5.74) is -0.345. The van der Waals surface area contributed by atoms with Crippen molar-refractivity contribution >= 4 is 16.1 Å². The first-order valence-electron chi connectivity index (χ1n) is 3.59. The Kier molecular flexibility index (Phi) is 3.01. The summed E-state index contributed by atoms with van der Waals surface area (Å²) in [4.78, 5) is 11.1. The minimum absolute atomic E-state index is 0.345. The fraction of sp³-hybridized carbons (Fsp3) is 0. The SMILES string of the molecule is NS(=O)(=O)NC(=O)c1ccc(F)c(F)c1. The predicted octanol–water partition coefficient (Wildman–Crippen LogP) is -0.102. The van der Waals surface area contributed by atoms with Gasteiger partial charge >= 0.3 is 0 Å². The lowest BCUT2D eigenvalue weighted by Crippen LogP contribution is -2.36. The molecule has 0 fully saturated rings. The van der Waals surface area contributed by atoms with Crippen LogP contribution in [0.4, 0.5) is 8.78 Å². The second-order valence-corrected chi connectivity index (χ2v) is 3.90. The highest BCUT2D eigenvalue weighted by molar-refractivity contribution is 7.87. The normalized spacial score (nSPS) is 11.1. The van der Waals surface area contributed by atoms with Crippen molar-refractivity contribution in [2.24, 2.45) is 5.14 Å². The van der Waals surface area contributed by atoms with Gasteiger partial charge in [-0.25, -0.2) is 18.6 Å². The number of carbonyl (C=O) groups is 1. The van der Waals surface area contributed by atoms with E-state index in [9.17, 15) is 22.0 Å². The monoisotopic (exact) mass is 236 g/mol. The van der Waals surface area contributed by atoms with Crippen LogP contribution in [-0.4, -0.2) is 14.3 Å².